The summed E-state index contributed by atoms with van der Waals surface area (Å²) in [6.45, 7) is -5.47. The van der Waals surface area contributed by atoms with Crippen LogP contribution in [-0.4, -0.2) is 43.2 Å². The zero-order valence-corrected chi connectivity index (χ0v) is 13.3. The van der Waals surface area contributed by atoms with Gasteiger partial charge in [-0.2, -0.15) is 29.3 Å². The molecule has 0 aromatic heterocycles. The van der Waals surface area contributed by atoms with Gasteiger partial charge in [0, 0.05) is 36.6 Å². The number of hydrogen-bond acceptors (Lipinski definition) is 5. The molecule has 1 aliphatic rings. The van der Waals surface area contributed by atoms with Crippen LogP contribution in [0.1, 0.15) is 6.42 Å². The monoisotopic (exact) mass is 368 g/mol. The minimum Gasteiger partial charge on any atom is -0.435 e. The van der Waals surface area contributed by atoms with Gasteiger partial charge in [-0.15, -0.1) is 0 Å². The number of anilines is 1. The van der Waals surface area contributed by atoms with Crippen molar-refractivity contribution < 1.29 is 31.8 Å². The number of halogens is 4. The fraction of sp³-hybridized carbons (Fsp3) is 0.500. The van der Waals surface area contributed by atoms with E-state index < -0.39 is 24.9 Å². The fourth-order valence-corrected chi connectivity index (χ4v) is 3.10. The van der Waals surface area contributed by atoms with E-state index in [9.17, 15) is 22.4 Å². The van der Waals surface area contributed by atoms with Crippen LogP contribution >= 0.6 is 11.8 Å². The van der Waals surface area contributed by atoms with Gasteiger partial charge in [-0.1, -0.05) is 0 Å². The molecule has 2 N–H and O–H groups in total. The maximum absolute atomic E-state index is 12.5. The number of ether oxygens (including phenoxy) is 2. The lowest BCUT2D eigenvalue weighted by Crippen LogP contribution is -2.39. The number of amides is 1. The van der Waals surface area contributed by atoms with E-state index >= 15 is 0 Å². The van der Waals surface area contributed by atoms with Crippen molar-refractivity contribution in [3.63, 3.8) is 0 Å². The highest BCUT2D eigenvalue weighted by Crippen LogP contribution is 2.31. The molecule has 1 heterocycles. The highest BCUT2D eigenvalue weighted by molar-refractivity contribution is 7.99. The van der Waals surface area contributed by atoms with Gasteiger partial charge < -0.3 is 20.1 Å². The number of thioether (sulfide) groups is 1. The summed E-state index contributed by atoms with van der Waals surface area (Å²) in [6.07, 6.45) is 0.163. The lowest BCUT2D eigenvalue weighted by Gasteiger charge is -2.22. The topological polar surface area (TPSA) is 59.6 Å². The van der Waals surface area contributed by atoms with Crippen LogP contribution < -0.4 is 20.1 Å². The van der Waals surface area contributed by atoms with Crippen molar-refractivity contribution in [3.8, 4) is 11.5 Å². The quantitative estimate of drug-likeness (QED) is 0.725. The first-order valence-electron chi connectivity index (χ1n) is 7.08. The Hall–Kier alpha value is -1.68. The third-order valence-corrected chi connectivity index (χ3v) is 4.23. The van der Waals surface area contributed by atoms with Crippen molar-refractivity contribution in [2.45, 2.75) is 25.7 Å². The van der Waals surface area contributed by atoms with E-state index in [0.717, 1.165) is 30.2 Å². The van der Waals surface area contributed by atoms with E-state index in [1.807, 2.05) is 0 Å². The Bertz CT molecular complexity index is 557. The molecule has 0 saturated carbocycles. The molecule has 1 atom stereocenters. The highest BCUT2D eigenvalue weighted by atomic mass is 32.2. The van der Waals surface area contributed by atoms with Crippen molar-refractivity contribution >= 4 is 23.4 Å². The van der Waals surface area contributed by atoms with E-state index in [0.29, 0.717) is 0 Å². The molecule has 24 heavy (non-hydrogen) atoms. The van der Waals surface area contributed by atoms with Gasteiger partial charge in [0.25, 0.3) is 0 Å². The maximum Gasteiger partial charge on any atom is 0.387 e. The van der Waals surface area contributed by atoms with Gasteiger partial charge in [0.05, 0.1) is 5.69 Å². The second-order valence-corrected chi connectivity index (χ2v) is 6.04. The summed E-state index contributed by atoms with van der Waals surface area (Å²) < 4.78 is 57.7. The van der Waals surface area contributed by atoms with E-state index in [4.69, 9.17) is 0 Å². The second kappa shape index (κ2) is 8.97. The normalized spacial score (nSPS) is 17.8. The van der Waals surface area contributed by atoms with Gasteiger partial charge in [0.15, 0.2) is 5.75 Å². The van der Waals surface area contributed by atoms with Crippen LogP contribution in [0.15, 0.2) is 18.2 Å². The Balaban J connectivity index is 2.04. The zero-order chi connectivity index (χ0) is 17.5. The van der Waals surface area contributed by atoms with E-state index in [1.54, 1.807) is 11.8 Å². The molecular weight excluding hydrogens is 352 g/mol. The molecule has 1 saturated heterocycles. The van der Waals surface area contributed by atoms with Gasteiger partial charge in [0.2, 0.25) is 5.91 Å². The summed E-state index contributed by atoms with van der Waals surface area (Å²) in [5.41, 5.74) is -0.0367. The standard InChI is InChI=1S/C14H16F4N2O3S/c15-13(16)22-9-1-2-10(11(6-9)23-14(17)18)20-12(21)5-8-7-24-4-3-19-8/h1-2,6,8,13-14,19H,3-5,7H2,(H,20,21). The van der Waals surface area contributed by atoms with Gasteiger partial charge in [0.1, 0.15) is 5.75 Å². The summed E-state index contributed by atoms with van der Waals surface area (Å²) in [6, 6.07) is 3.18. The summed E-state index contributed by atoms with van der Waals surface area (Å²) >= 11 is 1.72. The van der Waals surface area contributed by atoms with Crippen molar-refractivity contribution in [2.75, 3.05) is 23.4 Å². The number of nitrogens with one attached hydrogen (secondary N) is 2. The largest absolute Gasteiger partial charge is 0.435 e. The Morgan fingerprint density at radius 3 is 2.67 bits per heavy atom. The summed E-state index contributed by atoms with van der Waals surface area (Å²) in [5.74, 6) is 0.563. The van der Waals surface area contributed by atoms with Crippen LogP contribution in [-0.2, 0) is 4.79 Å². The molecule has 0 bridgehead atoms. The molecule has 1 aliphatic heterocycles. The molecule has 0 radical (unpaired) electrons. The molecule has 0 aliphatic carbocycles. The molecule has 5 nitrogen and oxygen atoms in total. The average molecular weight is 368 g/mol. The molecule has 1 fully saturated rings. The SMILES string of the molecule is O=C(CC1CSCCN1)Nc1ccc(OC(F)F)cc1OC(F)F. The lowest BCUT2D eigenvalue weighted by atomic mass is 10.2. The van der Waals surface area contributed by atoms with Crippen molar-refractivity contribution in [1.82, 2.24) is 5.32 Å². The van der Waals surface area contributed by atoms with E-state index in [-0.39, 0.29) is 23.9 Å². The lowest BCUT2D eigenvalue weighted by molar-refractivity contribution is -0.116. The molecule has 1 aromatic carbocycles. The number of alkyl halides is 4. The molecular formula is C14H16F4N2O3S. The van der Waals surface area contributed by atoms with Crippen molar-refractivity contribution in [3.05, 3.63) is 18.2 Å². The molecule has 1 unspecified atom stereocenters. The summed E-state index contributed by atoms with van der Waals surface area (Å²) in [7, 11) is 0. The molecule has 0 spiro atoms. The molecule has 2 rings (SSSR count). The van der Waals surface area contributed by atoms with Gasteiger partial charge in [-0.25, -0.2) is 0 Å². The van der Waals surface area contributed by atoms with Gasteiger partial charge in [-0.05, 0) is 12.1 Å². The van der Waals surface area contributed by atoms with Crippen LogP contribution in [0.3, 0.4) is 0 Å². The van der Waals surface area contributed by atoms with Crippen LogP contribution in [0.4, 0.5) is 23.2 Å². The summed E-state index contributed by atoms with van der Waals surface area (Å²) in [4.78, 5) is 12.0. The minimum absolute atomic E-state index is 0.00958. The Kier molecular flexibility index (Phi) is 6.98. The van der Waals surface area contributed by atoms with Crippen LogP contribution in [0.2, 0.25) is 0 Å². The minimum atomic E-state index is -3.17. The van der Waals surface area contributed by atoms with Crippen LogP contribution in [0, 0.1) is 0 Å². The highest BCUT2D eigenvalue weighted by Gasteiger charge is 2.19. The molecule has 1 amide bonds. The smallest absolute Gasteiger partial charge is 0.387 e. The third-order valence-electron chi connectivity index (χ3n) is 3.10. The predicted molar refractivity (Wildman–Crippen MR) is 82.1 cm³/mol. The number of hydrogen-bond donors (Lipinski definition) is 2. The molecule has 1 aromatic rings. The molecule has 134 valence electrons. The van der Waals surface area contributed by atoms with Crippen molar-refractivity contribution in [1.29, 1.82) is 0 Å². The average Bonchev–Trinajstić information content (AvgIpc) is 2.49. The molecule has 10 heteroatoms. The third kappa shape index (κ3) is 6.08. The van der Waals surface area contributed by atoms with Crippen LogP contribution in [0.25, 0.3) is 0 Å². The van der Waals surface area contributed by atoms with Gasteiger partial charge in [-0.3, -0.25) is 4.79 Å². The first-order chi connectivity index (χ1) is 11.4. The second-order valence-electron chi connectivity index (χ2n) is 4.89. The number of benzene rings is 1. The first kappa shape index (κ1) is 18.7. The summed E-state index contributed by atoms with van der Waals surface area (Å²) in [5, 5.41) is 5.63. The van der Waals surface area contributed by atoms with E-state index in [1.165, 1.54) is 6.07 Å². The Labute approximate surface area is 140 Å². The van der Waals surface area contributed by atoms with Crippen molar-refractivity contribution in [2.24, 2.45) is 0 Å². The zero-order valence-electron chi connectivity index (χ0n) is 12.4. The number of carbonyl (C=O) groups excluding carboxylic acids is 1. The van der Waals surface area contributed by atoms with Gasteiger partial charge >= 0.3 is 13.2 Å². The predicted octanol–water partition coefficient (Wildman–Crippen LogP) is 2.92. The number of carbonyl (C=O) groups is 1. The fourth-order valence-electron chi connectivity index (χ4n) is 2.15. The maximum atomic E-state index is 12.5. The Morgan fingerprint density at radius 2 is 2.04 bits per heavy atom. The van der Waals surface area contributed by atoms with Crippen LogP contribution in [0.5, 0.6) is 11.5 Å². The number of rotatable bonds is 7. The Morgan fingerprint density at radius 1 is 1.29 bits per heavy atom. The first-order valence-corrected chi connectivity index (χ1v) is 8.24. The van der Waals surface area contributed by atoms with E-state index in [2.05, 4.69) is 20.1 Å².